The van der Waals surface area contributed by atoms with Gasteiger partial charge < -0.3 is 9.79 Å². The van der Waals surface area contributed by atoms with Gasteiger partial charge in [0.25, 0.3) is 0 Å². The molecule has 0 aliphatic carbocycles. The molecule has 0 rings (SSSR count). The van der Waals surface area contributed by atoms with E-state index in [1.165, 1.54) is 6.92 Å². The van der Waals surface area contributed by atoms with Crippen molar-refractivity contribution in [2.45, 2.75) is 6.92 Å². The van der Waals surface area contributed by atoms with Crippen LogP contribution in [0.3, 0.4) is 0 Å². The van der Waals surface area contributed by atoms with Gasteiger partial charge in [-0.3, -0.25) is 4.57 Å². The van der Waals surface area contributed by atoms with Gasteiger partial charge in [-0.15, -0.1) is 0 Å². The van der Waals surface area contributed by atoms with E-state index >= 15 is 0 Å². The fourth-order valence-electron chi connectivity index (χ4n) is 0. The van der Waals surface area contributed by atoms with Gasteiger partial charge in [0.1, 0.15) is 0 Å². The summed E-state index contributed by atoms with van der Waals surface area (Å²) in [5.41, 5.74) is 0. The first kappa shape index (κ1) is 15.7. The van der Waals surface area contributed by atoms with Crippen LogP contribution in [0.25, 0.3) is 0 Å². The molecule has 2 N–H and O–H groups in total. The van der Waals surface area contributed by atoms with Crippen LogP contribution in [0, 0.1) is 0 Å². The Bertz CT molecular complexity index is 81.4. The topological polar surface area (TPSA) is 57.5 Å². The zero-order valence-electron chi connectivity index (χ0n) is 4.54. The molecule has 0 spiro atoms. The summed E-state index contributed by atoms with van der Waals surface area (Å²) in [7, 11) is -3.65. The van der Waals surface area contributed by atoms with E-state index in [0.717, 1.165) is 0 Å². The number of hydrogen-bond donors (Lipinski definition) is 2. The summed E-state index contributed by atoms with van der Waals surface area (Å²) in [5.74, 6) is 0. The summed E-state index contributed by atoms with van der Waals surface area (Å²) in [5, 5.41) is 0. The van der Waals surface area contributed by atoms with Crippen molar-refractivity contribution in [3.05, 3.63) is 0 Å². The quantitative estimate of drug-likeness (QED) is 0.449. The van der Waals surface area contributed by atoms with Crippen LogP contribution < -0.4 is 0 Å². The van der Waals surface area contributed by atoms with Crippen molar-refractivity contribution < 1.29 is 34.8 Å². The van der Waals surface area contributed by atoms with Crippen LogP contribution in [0.5, 0.6) is 0 Å². The number of hydrogen-bond acceptors (Lipinski definition) is 1. The minimum atomic E-state index is -3.65. The molecule has 0 saturated heterocycles. The summed E-state index contributed by atoms with van der Waals surface area (Å²) >= 11 is 0. The van der Waals surface area contributed by atoms with Crippen molar-refractivity contribution in [3.8, 4) is 0 Å². The molecule has 0 aliphatic rings. The first-order chi connectivity index (χ1) is 2.56. The molecule has 0 saturated carbocycles. The minimum Gasteiger partial charge on any atom is -0.324 e. The second-order valence-corrected chi connectivity index (χ2v) is 2.94. The van der Waals surface area contributed by atoms with Crippen LogP contribution in [0.4, 0.5) is 0 Å². The fourth-order valence-corrected chi connectivity index (χ4v) is 0. The molecule has 3 nitrogen and oxygen atoms in total. The molecule has 8 heavy (non-hydrogen) atoms. The zero-order chi connectivity index (χ0) is 5.21. The molecular weight excluding hydrogens is 556 g/mol. The monoisotopic (exact) mass is 564 g/mol. The van der Waals surface area contributed by atoms with E-state index in [0.29, 0.717) is 0 Å². The molecule has 47 valence electrons. The molecular formula is C2H7O3PReRf. The predicted octanol–water partition coefficient (Wildman–Crippen LogP) is 0.181. The molecule has 0 aromatic heterocycles. The second-order valence-electron chi connectivity index (χ2n) is 0.981. The molecule has 0 aliphatic heterocycles. The largest absolute Gasteiger partial charge is 0.325 e. The molecule has 0 bridgehead atoms. The number of rotatable bonds is 1. The molecule has 0 fully saturated rings. The third-order valence-corrected chi connectivity index (χ3v) is 1.24. The fraction of sp³-hybridized carbons (Fsp3) is 1.00. The molecule has 0 aromatic rings. The van der Waals surface area contributed by atoms with Gasteiger partial charge in [0.05, 0.1) is 0 Å². The van der Waals surface area contributed by atoms with Crippen LogP contribution in [0.2, 0.25) is 0 Å². The summed E-state index contributed by atoms with van der Waals surface area (Å²) in [4.78, 5) is 15.9. The van der Waals surface area contributed by atoms with E-state index in [1.807, 2.05) is 0 Å². The van der Waals surface area contributed by atoms with Gasteiger partial charge in [0.15, 0.2) is 0 Å². The van der Waals surface area contributed by atoms with Crippen LogP contribution >= 0.6 is 7.60 Å². The van der Waals surface area contributed by atoms with Gasteiger partial charge in [0, 0.05) is 26.6 Å². The molecule has 0 atom stereocenters. The zero-order valence-corrected chi connectivity index (χ0v) is 14.6. The van der Waals surface area contributed by atoms with Crippen LogP contribution in [-0.2, 0) is 25.0 Å². The maximum atomic E-state index is 9.69. The predicted molar refractivity (Wildman–Crippen MR) is 22.6 cm³/mol. The van der Waals surface area contributed by atoms with Gasteiger partial charge in [0.2, 0.25) is 0 Å². The normalized spacial score (nSPS) is 8.88. The summed E-state index contributed by atoms with van der Waals surface area (Å²) in [6.45, 7) is 1.45. The van der Waals surface area contributed by atoms with Crippen molar-refractivity contribution in [1.29, 1.82) is 0 Å². The maximum Gasteiger partial charge on any atom is 0.325 e. The Morgan fingerprint density at radius 2 is 1.62 bits per heavy atom. The van der Waals surface area contributed by atoms with Gasteiger partial charge in [-0.25, -0.2) is 0 Å². The standard InChI is InChI=1S/C2H7O3P.Re.Rf/c1-2-6(3,4)5;;/h2H2,1H3,(H2,3,4,5);;. The second kappa shape index (κ2) is 4.96. The molecule has 0 unspecified atom stereocenters. The summed E-state index contributed by atoms with van der Waals surface area (Å²) in [6.07, 6.45) is -0.0625. The van der Waals surface area contributed by atoms with Crippen molar-refractivity contribution >= 4 is 7.60 Å². The van der Waals surface area contributed by atoms with Crippen molar-refractivity contribution in [2.75, 3.05) is 6.16 Å². The average Bonchev–Trinajstić information content (AvgIpc) is 1.35. The molecule has 0 aromatic carbocycles. The summed E-state index contributed by atoms with van der Waals surface area (Å²) < 4.78 is 9.69. The maximum absolute atomic E-state index is 9.69. The van der Waals surface area contributed by atoms with Crippen LogP contribution in [0.15, 0.2) is 0 Å². The van der Waals surface area contributed by atoms with E-state index in [9.17, 15) is 4.57 Å². The van der Waals surface area contributed by atoms with E-state index in [1.54, 1.807) is 0 Å². The van der Waals surface area contributed by atoms with E-state index in [2.05, 4.69) is 0 Å². The van der Waals surface area contributed by atoms with E-state index in [4.69, 9.17) is 9.79 Å². The van der Waals surface area contributed by atoms with Crippen LogP contribution in [0.1, 0.15) is 6.92 Å². The van der Waals surface area contributed by atoms with Crippen molar-refractivity contribution in [3.63, 3.8) is 0 Å². The van der Waals surface area contributed by atoms with Gasteiger partial charge in [-0.05, 0) is 0 Å². The van der Waals surface area contributed by atoms with Gasteiger partial charge in [-0.2, -0.15) is 0 Å². The first-order valence-electron chi connectivity index (χ1n) is 1.61. The molecule has 1 radical (unpaired) electrons. The first-order valence-corrected chi connectivity index (χ1v) is 3.40. The third kappa shape index (κ3) is 17.0. The van der Waals surface area contributed by atoms with Gasteiger partial charge in [-0.1, -0.05) is 6.92 Å². The SMILES string of the molecule is CCP(=O)(O)O.[Re].[Rf]. The Hall–Kier alpha value is -0.188. The Balaban J connectivity index is -0.000000125. The van der Waals surface area contributed by atoms with E-state index in [-0.39, 0.29) is 26.6 Å². The Kier molecular flexibility index (Phi) is 9.70. The third-order valence-electron chi connectivity index (χ3n) is 0.412. The summed E-state index contributed by atoms with van der Waals surface area (Å²) in [6, 6.07) is 0. The smallest absolute Gasteiger partial charge is 0.324 e. The minimum absolute atomic E-state index is 0. The van der Waals surface area contributed by atoms with Gasteiger partial charge >= 0.3 is 7.60 Å². The van der Waals surface area contributed by atoms with E-state index < -0.39 is 7.60 Å². The average molecular weight is 563 g/mol. The molecule has 0 heterocycles. The molecule has 6 heteroatoms. The molecule has 0 amide bonds. The van der Waals surface area contributed by atoms with Crippen molar-refractivity contribution in [1.82, 2.24) is 0 Å². The Morgan fingerprint density at radius 3 is 1.62 bits per heavy atom. The van der Waals surface area contributed by atoms with Crippen LogP contribution in [-0.4, -0.2) is 15.9 Å². The van der Waals surface area contributed by atoms with Crippen molar-refractivity contribution in [2.24, 2.45) is 0 Å². The Morgan fingerprint density at radius 1 is 1.50 bits per heavy atom. The Labute approximate surface area is 55.9 Å².